The molecule has 0 saturated heterocycles. The summed E-state index contributed by atoms with van der Waals surface area (Å²) in [6, 6.07) is 9.25. The van der Waals surface area contributed by atoms with Crippen LogP contribution in [0.15, 0.2) is 61.3 Å². The monoisotopic (exact) mass is 574 g/mol. The number of aromatic nitrogens is 5. The van der Waals surface area contributed by atoms with Gasteiger partial charge in [0.15, 0.2) is 23.0 Å². The lowest BCUT2D eigenvalue weighted by Crippen LogP contribution is -2.38. The Morgan fingerprint density at radius 2 is 1.88 bits per heavy atom. The number of ether oxygens (including phenoxy) is 2. The summed E-state index contributed by atoms with van der Waals surface area (Å²) >= 11 is 0. The lowest BCUT2D eigenvalue weighted by molar-refractivity contribution is 0.0940. The number of hydrogen-bond acceptors (Lipinski definition) is 9. The quantitative estimate of drug-likeness (QED) is 0.217. The van der Waals surface area contributed by atoms with E-state index in [4.69, 9.17) is 15.2 Å². The van der Waals surface area contributed by atoms with Gasteiger partial charge < -0.3 is 25.8 Å². The number of nitrogens with two attached hydrogens (primary N) is 1. The normalized spacial score (nSPS) is 11.8. The average molecular weight is 575 g/mol. The molecule has 13 heteroatoms. The number of hydrogen-bond donors (Lipinski definition) is 3. The van der Waals surface area contributed by atoms with E-state index in [-0.39, 0.29) is 35.0 Å². The first kappa shape index (κ1) is 28.4. The number of carbonyl (C=O) groups is 1. The molecule has 0 aliphatic heterocycles. The third-order valence-electron chi connectivity index (χ3n) is 6.52. The number of imidazole rings is 1. The Morgan fingerprint density at radius 3 is 2.64 bits per heavy atom. The smallest absolute Gasteiger partial charge is 0.251 e. The number of nitrogens with one attached hydrogen (secondary N) is 2. The Labute approximate surface area is 239 Å². The fraction of sp³-hybridized carbons (Fsp3) is 0.207. The zero-order valence-electron chi connectivity index (χ0n) is 23.1. The molecule has 4 N–H and O–H groups in total. The van der Waals surface area contributed by atoms with E-state index >= 15 is 8.78 Å². The second-order valence-electron chi connectivity index (χ2n) is 9.31. The van der Waals surface area contributed by atoms with Crippen LogP contribution in [0.3, 0.4) is 0 Å². The average Bonchev–Trinajstić information content (AvgIpc) is 3.44. The van der Waals surface area contributed by atoms with Crippen molar-refractivity contribution >= 4 is 23.1 Å². The summed E-state index contributed by atoms with van der Waals surface area (Å²) in [5.41, 5.74) is 8.36. The van der Waals surface area contributed by atoms with Crippen LogP contribution in [0.5, 0.6) is 17.5 Å². The number of methoxy groups -OCH3 is 1. The van der Waals surface area contributed by atoms with Crippen LogP contribution in [0.4, 0.5) is 20.3 Å². The summed E-state index contributed by atoms with van der Waals surface area (Å²) in [5, 5.41) is 6.09. The standard InChI is InChI=1S/C29H28F2N8O3/c1-4-17-11-18(5-6-19(17)29(40)37-16(2)13-32)38-27-28-34-14-21(39(28)10-9-33-27)20-7-8-22(26(31)25(20)30)42-24-12-23(41-3)35-15-36-24/h5-12,14-16H,4,13,32H2,1-3H3,(H,33,38)(H,37,40)/t16-/m0/s1. The molecule has 216 valence electrons. The number of nitrogens with zero attached hydrogens (tertiary/aromatic N) is 5. The molecule has 0 bridgehead atoms. The number of carbonyl (C=O) groups excluding carboxylic acids is 1. The second-order valence-corrected chi connectivity index (χ2v) is 9.31. The summed E-state index contributed by atoms with van der Waals surface area (Å²) in [4.78, 5) is 29.2. The highest BCUT2D eigenvalue weighted by Gasteiger charge is 2.21. The molecule has 3 aromatic heterocycles. The summed E-state index contributed by atoms with van der Waals surface area (Å²) < 4.78 is 42.4. The Hall–Kier alpha value is -5.17. The summed E-state index contributed by atoms with van der Waals surface area (Å²) in [7, 11) is 1.41. The maximum absolute atomic E-state index is 15.3. The number of benzene rings is 2. The van der Waals surface area contributed by atoms with Crippen molar-refractivity contribution in [1.82, 2.24) is 29.7 Å². The molecule has 3 heterocycles. The predicted octanol–water partition coefficient (Wildman–Crippen LogP) is 4.65. The molecular formula is C29H28F2N8O3. The van der Waals surface area contributed by atoms with Crippen LogP contribution in [0, 0.1) is 11.6 Å². The second kappa shape index (κ2) is 12.1. The van der Waals surface area contributed by atoms with Gasteiger partial charge in [0.1, 0.15) is 6.33 Å². The lowest BCUT2D eigenvalue weighted by atomic mass is 10.0. The largest absolute Gasteiger partial charge is 0.481 e. The molecule has 5 rings (SSSR count). The van der Waals surface area contributed by atoms with E-state index in [9.17, 15) is 4.79 Å². The Balaban J connectivity index is 1.42. The maximum atomic E-state index is 15.3. The van der Waals surface area contributed by atoms with Gasteiger partial charge in [0.2, 0.25) is 17.6 Å². The van der Waals surface area contributed by atoms with Crippen molar-refractivity contribution < 1.29 is 23.0 Å². The lowest BCUT2D eigenvalue weighted by Gasteiger charge is -2.15. The topological polar surface area (TPSA) is 142 Å². The molecule has 0 aliphatic carbocycles. The van der Waals surface area contributed by atoms with Crippen molar-refractivity contribution in [2.45, 2.75) is 26.3 Å². The third-order valence-corrected chi connectivity index (χ3v) is 6.52. The van der Waals surface area contributed by atoms with Crippen molar-refractivity contribution in [2.24, 2.45) is 5.73 Å². The number of fused-ring (bicyclic) bond motifs is 1. The van der Waals surface area contributed by atoms with E-state index in [0.717, 1.165) is 5.56 Å². The van der Waals surface area contributed by atoms with Gasteiger partial charge in [0, 0.05) is 41.8 Å². The Bertz CT molecular complexity index is 1760. The zero-order chi connectivity index (χ0) is 29.8. The van der Waals surface area contributed by atoms with Crippen LogP contribution in [-0.2, 0) is 6.42 Å². The van der Waals surface area contributed by atoms with Crippen molar-refractivity contribution in [3.63, 3.8) is 0 Å². The molecule has 42 heavy (non-hydrogen) atoms. The van der Waals surface area contributed by atoms with Gasteiger partial charge in [-0.25, -0.2) is 24.3 Å². The van der Waals surface area contributed by atoms with Crippen LogP contribution < -0.4 is 25.8 Å². The van der Waals surface area contributed by atoms with E-state index in [2.05, 4.69) is 30.6 Å². The van der Waals surface area contributed by atoms with Gasteiger partial charge in [-0.15, -0.1) is 0 Å². The SMILES string of the molecule is CCc1cc(Nc2nccn3c(-c4ccc(Oc5cc(OC)ncn5)c(F)c4F)cnc23)ccc1C(=O)N[C@@H](C)CN. The number of halogens is 2. The Morgan fingerprint density at radius 1 is 1.07 bits per heavy atom. The van der Waals surface area contributed by atoms with Crippen LogP contribution >= 0.6 is 0 Å². The van der Waals surface area contributed by atoms with Gasteiger partial charge in [0.05, 0.1) is 25.1 Å². The highest BCUT2D eigenvalue weighted by molar-refractivity contribution is 5.96. The minimum Gasteiger partial charge on any atom is -0.481 e. The highest BCUT2D eigenvalue weighted by atomic mass is 19.2. The molecule has 11 nitrogen and oxygen atoms in total. The van der Waals surface area contributed by atoms with Crippen LogP contribution in [0.25, 0.3) is 16.9 Å². The number of aryl methyl sites for hydroxylation is 1. The van der Waals surface area contributed by atoms with Gasteiger partial charge in [0.25, 0.3) is 5.91 Å². The third kappa shape index (κ3) is 5.67. The number of amides is 1. The van der Waals surface area contributed by atoms with Gasteiger partial charge >= 0.3 is 0 Å². The first-order chi connectivity index (χ1) is 20.3. The maximum Gasteiger partial charge on any atom is 0.251 e. The first-order valence-electron chi connectivity index (χ1n) is 13.1. The Kier molecular flexibility index (Phi) is 8.20. The highest BCUT2D eigenvalue weighted by Crippen LogP contribution is 2.33. The summed E-state index contributed by atoms with van der Waals surface area (Å²) in [6.07, 6.45) is 6.36. The molecule has 0 saturated carbocycles. The van der Waals surface area contributed by atoms with E-state index < -0.39 is 11.6 Å². The van der Waals surface area contributed by atoms with Gasteiger partial charge in [-0.1, -0.05) is 6.92 Å². The van der Waals surface area contributed by atoms with E-state index in [1.54, 1.807) is 22.7 Å². The molecule has 2 aromatic carbocycles. The fourth-order valence-corrected chi connectivity index (χ4v) is 4.30. The van der Waals surface area contributed by atoms with E-state index in [0.29, 0.717) is 41.4 Å². The van der Waals surface area contributed by atoms with Crippen molar-refractivity contribution in [3.05, 3.63) is 84.1 Å². The van der Waals surface area contributed by atoms with Crippen molar-refractivity contribution in [1.29, 1.82) is 0 Å². The van der Waals surface area contributed by atoms with Crippen molar-refractivity contribution in [3.8, 4) is 28.8 Å². The molecule has 0 radical (unpaired) electrons. The van der Waals surface area contributed by atoms with E-state index in [1.165, 1.54) is 44.0 Å². The number of rotatable bonds is 10. The first-order valence-corrected chi connectivity index (χ1v) is 13.1. The minimum atomic E-state index is -1.19. The molecule has 0 fully saturated rings. The predicted molar refractivity (Wildman–Crippen MR) is 152 cm³/mol. The molecule has 0 spiro atoms. The van der Waals surface area contributed by atoms with Gasteiger partial charge in [-0.3, -0.25) is 9.20 Å². The van der Waals surface area contributed by atoms with Gasteiger partial charge in [-0.05, 0) is 49.2 Å². The molecule has 5 aromatic rings. The zero-order valence-corrected chi connectivity index (χ0v) is 23.1. The summed E-state index contributed by atoms with van der Waals surface area (Å²) in [6.45, 7) is 4.13. The van der Waals surface area contributed by atoms with Crippen molar-refractivity contribution in [2.75, 3.05) is 19.0 Å². The molecule has 0 unspecified atom stereocenters. The molecule has 1 atom stereocenters. The minimum absolute atomic E-state index is 0.00509. The number of anilines is 2. The molecule has 0 aliphatic rings. The molecule has 1 amide bonds. The van der Waals surface area contributed by atoms with E-state index in [1.807, 2.05) is 19.9 Å². The molecular weight excluding hydrogens is 546 g/mol. The summed E-state index contributed by atoms with van der Waals surface area (Å²) in [5.74, 6) is -2.26. The van der Waals surface area contributed by atoms with Crippen LogP contribution in [-0.4, -0.2) is 49.9 Å². The fourth-order valence-electron chi connectivity index (χ4n) is 4.30. The van der Waals surface area contributed by atoms with Crippen LogP contribution in [0.1, 0.15) is 29.8 Å². The van der Waals surface area contributed by atoms with Crippen LogP contribution in [0.2, 0.25) is 0 Å². The van der Waals surface area contributed by atoms with Gasteiger partial charge in [-0.2, -0.15) is 4.39 Å².